The van der Waals surface area contributed by atoms with Gasteiger partial charge < -0.3 is 5.11 Å². The Hall–Kier alpha value is -1.83. The average Bonchev–Trinajstić information content (AvgIpc) is 2.88. The molecule has 0 heterocycles. The van der Waals surface area contributed by atoms with Gasteiger partial charge in [-0.3, -0.25) is 4.99 Å². The second-order valence-electron chi connectivity index (χ2n) is 8.80. The number of phenols is 1. The first kappa shape index (κ1) is 30.7. The molecule has 0 spiro atoms. The summed E-state index contributed by atoms with van der Waals surface area (Å²) in [6.45, 7) is 0. The summed E-state index contributed by atoms with van der Waals surface area (Å²) in [6, 6.07) is 14.1. The molecular formula is C27H23Cl2F6NOZr. The van der Waals surface area contributed by atoms with Gasteiger partial charge in [0.25, 0.3) is 0 Å². The van der Waals surface area contributed by atoms with Crippen LogP contribution in [0.25, 0.3) is 11.1 Å². The first-order valence-electron chi connectivity index (χ1n) is 11.7. The quantitative estimate of drug-likeness (QED) is 0.221. The average molecular weight is 654 g/mol. The topological polar surface area (TPSA) is 32.6 Å². The van der Waals surface area contributed by atoms with Crippen LogP contribution in [0.15, 0.2) is 65.7 Å². The van der Waals surface area contributed by atoms with E-state index in [-0.39, 0.29) is 23.3 Å². The van der Waals surface area contributed by atoms with Crippen molar-refractivity contribution in [3.63, 3.8) is 0 Å². The predicted octanol–water partition coefficient (Wildman–Crippen LogP) is 10.3. The fourth-order valence-electron chi connectivity index (χ4n) is 4.46. The Morgan fingerprint density at radius 3 is 1.87 bits per heavy atom. The van der Waals surface area contributed by atoms with Crippen LogP contribution in [-0.2, 0) is 33.2 Å². The maximum absolute atomic E-state index is 13.2. The van der Waals surface area contributed by atoms with Gasteiger partial charge in [-0.15, -0.1) is 0 Å². The molecule has 0 radical (unpaired) electrons. The molecule has 0 bridgehead atoms. The van der Waals surface area contributed by atoms with E-state index in [1.165, 1.54) is 0 Å². The van der Waals surface area contributed by atoms with Gasteiger partial charge in [0.05, 0.1) is 16.8 Å². The fourth-order valence-corrected chi connectivity index (χ4v) is 4.46. The van der Waals surface area contributed by atoms with Gasteiger partial charge in [0.1, 0.15) is 5.75 Å². The standard InChI is InChI=1S/C27H23F6NO.2ClH.Zr/c28-26(29,30)21-13-22(27(31,32)33)15-23(14-21)34-16-20-11-19(17-7-3-1-4-8-17)12-24(25(20)35)18-9-5-2-6-10-18;;;/h1,3-4,7-8,11-16,18,35H,2,5-6,9-10H2;2*1H;/q;;;+2/p-2. The van der Waals surface area contributed by atoms with Crippen molar-refractivity contribution >= 4 is 28.9 Å². The molecule has 0 saturated heterocycles. The van der Waals surface area contributed by atoms with Crippen molar-refractivity contribution in [2.24, 2.45) is 4.99 Å². The summed E-state index contributed by atoms with van der Waals surface area (Å²) < 4.78 is 79.2. The number of rotatable bonds is 4. The molecule has 38 heavy (non-hydrogen) atoms. The second kappa shape index (κ2) is 13.5. The van der Waals surface area contributed by atoms with E-state index in [0.29, 0.717) is 17.7 Å². The van der Waals surface area contributed by atoms with Crippen LogP contribution >= 0.6 is 17.0 Å². The summed E-state index contributed by atoms with van der Waals surface area (Å²) in [4.78, 5) is 3.92. The Labute approximate surface area is 235 Å². The molecule has 1 N–H and O–H groups in total. The Morgan fingerprint density at radius 1 is 0.789 bits per heavy atom. The van der Waals surface area contributed by atoms with Gasteiger partial charge in [0, 0.05) is 11.8 Å². The molecule has 1 fully saturated rings. The van der Waals surface area contributed by atoms with Crippen molar-refractivity contribution in [3.8, 4) is 16.9 Å². The van der Waals surface area contributed by atoms with Crippen molar-refractivity contribution in [2.45, 2.75) is 50.4 Å². The van der Waals surface area contributed by atoms with Crippen LogP contribution in [0.4, 0.5) is 32.0 Å². The molecule has 1 aliphatic carbocycles. The molecule has 0 atom stereocenters. The number of phenolic OH excluding ortho intramolecular Hbond substituents is 1. The number of nitrogens with zero attached hydrogens (tertiary/aromatic N) is 1. The van der Waals surface area contributed by atoms with Crippen molar-refractivity contribution < 1.29 is 52.3 Å². The Bertz CT molecular complexity index is 1210. The van der Waals surface area contributed by atoms with Crippen LogP contribution in [0, 0.1) is 0 Å². The number of hydrogen-bond donors (Lipinski definition) is 1. The van der Waals surface area contributed by atoms with Crippen molar-refractivity contribution in [3.05, 3.63) is 82.9 Å². The fraction of sp³-hybridized carbons (Fsp3) is 0.296. The molecule has 2 nitrogen and oxygen atoms in total. The van der Waals surface area contributed by atoms with E-state index in [0.717, 1.165) is 49.4 Å². The number of alkyl halides is 6. The summed E-state index contributed by atoms with van der Waals surface area (Å²) >= 11 is -0.826. The molecule has 0 amide bonds. The molecule has 0 aromatic heterocycles. The third-order valence-corrected chi connectivity index (χ3v) is 6.25. The minimum absolute atomic E-state index is 0.0525. The van der Waals surface area contributed by atoms with Gasteiger partial charge in [-0.25, -0.2) is 0 Å². The van der Waals surface area contributed by atoms with Gasteiger partial charge in [-0.05, 0) is 65.8 Å². The first-order valence-corrected chi connectivity index (χ1v) is 18.0. The molecule has 1 saturated carbocycles. The zero-order chi connectivity index (χ0) is 27.9. The maximum atomic E-state index is 13.2. The zero-order valence-electron chi connectivity index (χ0n) is 19.9. The third kappa shape index (κ3) is 8.33. The van der Waals surface area contributed by atoms with Crippen LogP contribution in [0.1, 0.15) is 60.3 Å². The van der Waals surface area contributed by atoms with Crippen molar-refractivity contribution in [1.29, 1.82) is 0 Å². The number of benzene rings is 3. The summed E-state index contributed by atoms with van der Waals surface area (Å²) in [7, 11) is 9.87. The molecule has 0 unspecified atom stereocenters. The third-order valence-electron chi connectivity index (χ3n) is 6.25. The minimum atomic E-state index is -4.96. The Morgan fingerprint density at radius 2 is 1.34 bits per heavy atom. The van der Waals surface area contributed by atoms with Crippen LogP contribution < -0.4 is 0 Å². The molecule has 3 aromatic carbocycles. The normalized spacial score (nSPS) is 14.7. The van der Waals surface area contributed by atoms with Gasteiger partial charge in [0.15, 0.2) is 0 Å². The van der Waals surface area contributed by atoms with E-state index in [4.69, 9.17) is 17.0 Å². The van der Waals surface area contributed by atoms with E-state index in [9.17, 15) is 31.4 Å². The Kier molecular flexibility index (Phi) is 10.9. The van der Waals surface area contributed by atoms with Gasteiger partial charge in [0.2, 0.25) is 0 Å². The van der Waals surface area contributed by atoms with Crippen LogP contribution in [0.2, 0.25) is 0 Å². The Balaban J connectivity index is 0.00000127. The van der Waals surface area contributed by atoms with Crippen molar-refractivity contribution in [1.82, 2.24) is 0 Å². The molecular weight excluding hydrogens is 630 g/mol. The first-order chi connectivity index (χ1) is 17.9. The summed E-state index contributed by atoms with van der Waals surface area (Å²) in [5.41, 5.74) is -0.779. The number of aliphatic imine (C=N–C) groups is 1. The van der Waals surface area contributed by atoms with E-state index in [1.807, 2.05) is 36.4 Å². The number of hydrogen-bond acceptors (Lipinski definition) is 2. The number of aromatic hydroxyl groups is 1. The zero-order valence-corrected chi connectivity index (χ0v) is 23.9. The molecule has 3 aromatic rings. The van der Waals surface area contributed by atoms with Crippen LogP contribution in [-0.4, -0.2) is 11.3 Å². The van der Waals surface area contributed by atoms with Crippen LogP contribution in [0.3, 0.4) is 0 Å². The summed E-state index contributed by atoms with van der Waals surface area (Å²) in [5, 5.41) is 11.0. The van der Waals surface area contributed by atoms with E-state index >= 15 is 0 Å². The molecule has 0 aliphatic heterocycles. The van der Waals surface area contributed by atoms with Crippen molar-refractivity contribution in [2.75, 3.05) is 0 Å². The SMILES string of the molecule is Oc1c(C=Nc2cc(C(F)(F)F)cc(C(F)(F)F)c2)cc(-c2ccccc2)cc1C1CCCCC1.[Cl][Zr][Cl]. The van der Waals surface area contributed by atoms with Gasteiger partial charge in [-0.2, -0.15) is 26.3 Å². The van der Waals surface area contributed by atoms with Gasteiger partial charge >= 0.3 is 50.2 Å². The van der Waals surface area contributed by atoms with E-state index in [1.54, 1.807) is 6.07 Å². The summed E-state index contributed by atoms with van der Waals surface area (Å²) in [6.07, 6.45) is -3.86. The van der Waals surface area contributed by atoms with Gasteiger partial charge in [-0.1, -0.05) is 49.6 Å². The van der Waals surface area contributed by atoms with E-state index in [2.05, 4.69) is 4.99 Å². The van der Waals surface area contributed by atoms with E-state index < -0.39 is 50.0 Å². The summed E-state index contributed by atoms with van der Waals surface area (Å²) in [5.74, 6) is 0.0632. The molecule has 202 valence electrons. The second-order valence-corrected chi connectivity index (χ2v) is 12.5. The molecule has 1 aliphatic rings. The monoisotopic (exact) mass is 651 g/mol. The number of halogens is 8. The predicted molar refractivity (Wildman–Crippen MR) is 135 cm³/mol. The van der Waals surface area contributed by atoms with Crippen LogP contribution in [0.5, 0.6) is 5.75 Å². The molecule has 4 rings (SSSR count). The molecule has 11 heteroatoms.